The molecule has 2 nitrogen and oxygen atoms in total. The lowest BCUT2D eigenvalue weighted by molar-refractivity contribution is 0.660. The Morgan fingerprint density at radius 2 is 0.851 bits per heavy atom. The predicted octanol–water partition coefficient (Wildman–Crippen LogP) is 14.7. The van der Waals surface area contributed by atoms with Gasteiger partial charge in [-0.1, -0.05) is 190 Å². The Morgan fingerprint density at radius 3 is 1.58 bits per heavy atom. The van der Waals surface area contributed by atoms with E-state index in [1.807, 2.05) is 11.3 Å². The van der Waals surface area contributed by atoms with Crippen molar-refractivity contribution in [1.82, 2.24) is 0 Å². The van der Waals surface area contributed by atoms with Gasteiger partial charge >= 0.3 is 0 Å². The number of benzene rings is 10. The monoisotopic (exact) mass is 892 g/mol. The number of rotatable bonds is 10. The SMILES string of the molecule is CC1(C)c2ccccc2-c2cc(N(c3ccccc3)c3ccccc3[Si](c3ccccc3)(c3ccccc3)c3cccc(N(c4ccccc4)c4ccc5sc6ccccc6c5c4)c3)ccc21. The fourth-order valence-electron chi connectivity index (χ4n) is 10.9. The lowest BCUT2D eigenvalue weighted by Crippen LogP contribution is -2.75. The van der Waals surface area contributed by atoms with Crippen molar-refractivity contribution in [2.45, 2.75) is 19.3 Å². The molecule has 0 saturated carbocycles. The number of thiophene rings is 1. The van der Waals surface area contributed by atoms with E-state index in [9.17, 15) is 0 Å². The Hall–Kier alpha value is -7.76. The van der Waals surface area contributed by atoms with E-state index in [0.29, 0.717) is 0 Å². The molecule has 1 aromatic heterocycles. The summed E-state index contributed by atoms with van der Waals surface area (Å²) in [4.78, 5) is 4.95. The average Bonchev–Trinajstić information content (AvgIpc) is 3.87. The number of fused-ring (bicyclic) bond motifs is 6. The summed E-state index contributed by atoms with van der Waals surface area (Å²) in [5.74, 6) is 0. The molecule has 10 aromatic carbocycles. The molecule has 0 N–H and O–H groups in total. The molecule has 1 aliphatic rings. The quantitative estimate of drug-likeness (QED) is 0.0997. The molecule has 0 atom stereocenters. The molecule has 0 fully saturated rings. The maximum absolute atomic E-state index is 3.19. The number of hydrogen-bond donors (Lipinski definition) is 0. The lowest BCUT2D eigenvalue weighted by Gasteiger charge is -2.39. The van der Waals surface area contributed by atoms with Gasteiger partial charge in [0, 0.05) is 59.7 Å². The molecule has 0 aliphatic heterocycles. The summed E-state index contributed by atoms with van der Waals surface area (Å²) in [6, 6.07) is 95.0. The van der Waals surface area contributed by atoms with Gasteiger partial charge in [-0.15, -0.1) is 11.3 Å². The zero-order chi connectivity index (χ0) is 45.0. The molecular weight excluding hydrogens is 845 g/mol. The number of anilines is 6. The highest BCUT2D eigenvalue weighted by molar-refractivity contribution is 7.25. The van der Waals surface area contributed by atoms with Gasteiger partial charge in [-0.05, 0) is 122 Å². The van der Waals surface area contributed by atoms with Crippen LogP contribution in [0, 0.1) is 0 Å². The van der Waals surface area contributed by atoms with Crippen molar-refractivity contribution in [1.29, 1.82) is 0 Å². The van der Waals surface area contributed by atoms with E-state index in [4.69, 9.17) is 0 Å². The topological polar surface area (TPSA) is 6.48 Å². The molecule has 0 spiro atoms. The fraction of sp³-hybridized carbons (Fsp3) is 0.0476. The summed E-state index contributed by atoms with van der Waals surface area (Å²) in [5.41, 5.74) is 12.0. The second kappa shape index (κ2) is 16.6. The zero-order valence-corrected chi connectivity index (χ0v) is 39.4. The molecule has 0 saturated heterocycles. The van der Waals surface area contributed by atoms with Crippen LogP contribution in [0.5, 0.6) is 0 Å². The van der Waals surface area contributed by atoms with Gasteiger partial charge in [0.2, 0.25) is 0 Å². The molecule has 4 heteroatoms. The van der Waals surface area contributed by atoms with Gasteiger partial charge in [0.25, 0.3) is 0 Å². The van der Waals surface area contributed by atoms with Gasteiger partial charge in [0.1, 0.15) is 0 Å². The van der Waals surface area contributed by atoms with Crippen LogP contribution in [0.1, 0.15) is 25.0 Å². The van der Waals surface area contributed by atoms with Gasteiger partial charge in [-0.25, -0.2) is 0 Å². The van der Waals surface area contributed by atoms with E-state index in [-0.39, 0.29) is 5.41 Å². The molecule has 12 rings (SSSR count). The standard InChI is InChI=1S/C63H48N2SSi/c1-63(2)57-34-17-15-32-53(57)55-43-49(38-40-58(55)63)65(46-24-9-4-10-25-46)59-35-18-20-37-62(59)67(50-27-11-5-12-28-50,51-29-13-6-14-30-51)52-31-21-26-47(42-52)64(45-22-7-3-8-23-45)48-39-41-61-56(44-48)54-33-16-19-36-60(54)66-61/h3-44H,1-2H3. The van der Waals surface area contributed by atoms with E-state index < -0.39 is 8.07 Å². The molecule has 0 bridgehead atoms. The maximum Gasteiger partial charge on any atom is 0.181 e. The van der Waals surface area contributed by atoms with Crippen LogP contribution in [0.25, 0.3) is 31.3 Å². The van der Waals surface area contributed by atoms with Gasteiger partial charge in [-0.3, -0.25) is 0 Å². The summed E-state index contributed by atoms with van der Waals surface area (Å²) in [6.07, 6.45) is 0. The van der Waals surface area contributed by atoms with Crippen molar-refractivity contribution in [2.24, 2.45) is 0 Å². The van der Waals surface area contributed by atoms with Crippen LogP contribution in [0.3, 0.4) is 0 Å². The highest BCUT2D eigenvalue weighted by Crippen LogP contribution is 2.50. The van der Waals surface area contributed by atoms with Crippen LogP contribution >= 0.6 is 11.3 Å². The normalized spacial score (nSPS) is 12.7. The Bertz CT molecular complexity index is 3530. The van der Waals surface area contributed by atoms with E-state index >= 15 is 0 Å². The van der Waals surface area contributed by atoms with Gasteiger partial charge < -0.3 is 9.80 Å². The second-order valence-electron chi connectivity index (χ2n) is 18.1. The Morgan fingerprint density at radius 1 is 0.343 bits per heavy atom. The Kier molecular flexibility index (Phi) is 10.1. The minimum atomic E-state index is -3.19. The molecule has 11 aromatic rings. The van der Waals surface area contributed by atoms with E-state index in [2.05, 4.69) is 278 Å². The summed E-state index contributed by atoms with van der Waals surface area (Å²) in [5, 5.41) is 7.83. The molecule has 0 amide bonds. The minimum Gasteiger partial charge on any atom is -0.311 e. The lowest BCUT2D eigenvalue weighted by atomic mass is 9.82. The minimum absolute atomic E-state index is 0.0927. The van der Waals surface area contributed by atoms with Crippen molar-refractivity contribution in [2.75, 3.05) is 9.80 Å². The van der Waals surface area contributed by atoms with Crippen molar-refractivity contribution >= 4 is 94.5 Å². The predicted molar refractivity (Wildman–Crippen MR) is 290 cm³/mol. The van der Waals surface area contributed by atoms with Crippen LogP contribution in [0.2, 0.25) is 0 Å². The van der Waals surface area contributed by atoms with Crippen LogP contribution < -0.4 is 30.5 Å². The van der Waals surface area contributed by atoms with Gasteiger partial charge in [0.15, 0.2) is 8.07 Å². The van der Waals surface area contributed by atoms with Crippen molar-refractivity contribution in [3.05, 3.63) is 266 Å². The third kappa shape index (κ3) is 6.75. The number of nitrogens with zero attached hydrogens (tertiary/aromatic N) is 2. The highest BCUT2D eigenvalue weighted by atomic mass is 32.1. The summed E-state index contributed by atoms with van der Waals surface area (Å²) < 4.78 is 2.60. The van der Waals surface area contributed by atoms with Crippen molar-refractivity contribution in [3.8, 4) is 11.1 Å². The van der Waals surface area contributed by atoms with E-state index in [0.717, 1.165) is 28.4 Å². The second-order valence-corrected chi connectivity index (χ2v) is 22.9. The van der Waals surface area contributed by atoms with Crippen LogP contribution in [0.15, 0.2) is 255 Å². The Labute approximate surface area is 398 Å². The van der Waals surface area contributed by atoms with Crippen LogP contribution in [0.4, 0.5) is 34.1 Å². The molecule has 0 unspecified atom stereocenters. The first-order valence-electron chi connectivity index (χ1n) is 23.2. The largest absolute Gasteiger partial charge is 0.311 e. The molecule has 320 valence electrons. The van der Waals surface area contributed by atoms with E-state index in [1.165, 1.54) is 68.9 Å². The van der Waals surface area contributed by atoms with Gasteiger partial charge in [0.05, 0.1) is 0 Å². The van der Waals surface area contributed by atoms with Crippen molar-refractivity contribution in [3.63, 3.8) is 0 Å². The number of hydrogen-bond acceptors (Lipinski definition) is 3. The van der Waals surface area contributed by atoms with Crippen LogP contribution in [-0.2, 0) is 5.41 Å². The molecule has 67 heavy (non-hydrogen) atoms. The molecule has 1 heterocycles. The average molecular weight is 893 g/mol. The molecule has 0 radical (unpaired) electrons. The zero-order valence-electron chi connectivity index (χ0n) is 37.6. The highest BCUT2D eigenvalue weighted by Gasteiger charge is 2.44. The third-order valence-corrected chi connectivity index (χ3v) is 19.9. The number of para-hydroxylation sites is 3. The molecule has 1 aliphatic carbocycles. The maximum atomic E-state index is 2.51. The first-order chi connectivity index (χ1) is 33.0. The van der Waals surface area contributed by atoms with Gasteiger partial charge in [-0.2, -0.15) is 0 Å². The smallest absolute Gasteiger partial charge is 0.181 e. The van der Waals surface area contributed by atoms with E-state index in [1.54, 1.807) is 0 Å². The summed E-state index contributed by atoms with van der Waals surface area (Å²) in [7, 11) is -3.19. The third-order valence-electron chi connectivity index (χ3n) is 14.0. The first-order valence-corrected chi connectivity index (χ1v) is 26.0. The molecular formula is C63H48N2SSi. The van der Waals surface area contributed by atoms with Crippen LogP contribution in [-0.4, -0.2) is 8.07 Å². The first kappa shape index (κ1) is 40.7. The fourth-order valence-corrected chi connectivity index (χ4v) is 17.0. The Balaban J connectivity index is 1.12. The summed E-state index contributed by atoms with van der Waals surface area (Å²) in [6.45, 7) is 4.72. The van der Waals surface area contributed by atoms with Crippen molar-refractivity contribution < 1.29 is 0 Å². The summed E-state index contributed by atoms with van der Waals surface area (Å²) >= 11 is 1.86.